The predicted octanol–water partition coefficient (Wildman–Crippen LogP) is 0.333. The number of likely N-dealkylation sites (N-methyl/N-ethyl adjacent to an activating group) is 1. The molecule has 0 radical (unpaired) electrons. The second kappa shape index (κ2) is 6.94. The van der Waals surface area contributed by atoms with E-state index in [9.17, 15) is 4.91 Å². The van der Waals surface area contributed by atoms with E-state index < -0.39 is 5.09 Å². The lowest BCUT2D eigenvalue weighted by atomic mass is 10.1. The highest BCUT2D eigenvalue weighted by atomic mass is 17.0. The van der Waals surface area contributed by atoms with E-state index in [2.05, 4.69) is 23.9 Å². The Kier molecular flexibility index (Phi) is 4.99. The molecular formula is C14H21N3O4+2. The molecule has 0 amide bonds. The maximum atomic E-state index is 10.2. The van der Waals surface area contributed by atoms with Gasteiger partial charge in [0, 0.05) is 23.5 Å². The van der Waals surface area contributed by atoms with Gasteiger partial charge in [0.15, 0.2) is 0 Å². The molecule has 0 unspecified atom stereocenters. The summed E-state index contributed by atoms with van der Waals surface area (Å²) >= 11 is 0. The molecule has 7 heteroatoms. The molecule has 114 valence electrons. The van der Waals surface area contributed by atoms with Crippen LogP contribution in [0.15, 0.2) is 24.4 Å². The Morgan fingerprint density at radius 2 is 2.14 bits per heavy atom. The average Bonchev–Trinajstić information content (AvgIpc) is 2.85. The lowest BCUT2D eigenvalue weighted by Gasteiger charge is -2.09. The van der Waals surface area contributed by atoms with Crippen LogP contribution in [0.25, 0.3) is 10.9 Å². The summed E-state index contributed by atoms with van der Waals surface area (Å²) in [7, 11) is 4.24. The molecule has 1 aromatic heterocycles. The van der Waals surface area contributed by atoms with Crippen molar-refractivity contribution in [1.82, 2.24) is 4.98 Å². The number of benzene rings is 1. The zero-order chi connectivity index (χ0) is 15.2. The Morgan fingerprint density at radius 3 is 2.86 bits per heavy atom. The number of ether oxygens (including phenoxy) is 1. The van der Waals surface area contributed by atoms with Crippen LogP contribution in [-0.4, -0.2) is 49.1 Å². The summed E-state index contributed by atoms with van der Waals surface area (Å²) in [5, 5.41) is 8.84. The van der Waals surface area contributed by atoms with Gasteiger partial charge < -0.3 is 14.6 Å². The summed E-state index contributed by atoms with van der Waals surface area (Å²) < 4.78 is 5.65. The monoisotopic (exact) mass is 295 g/mol. The van der Waals surface area contributed by atoms with Gasteiger partial charge >= 0.3 is 5.09 Å². The van der Waals surface area contributed by atoms with Crippen molar-refractivity contribution in [3.8, 4) is 5.75 Å². The largest absolute Gasteiger partial charge is 0.489 e. The fourth-order valence-electron chi connectivity index (χ4n) is 2.19. The topological polar surface area (TPSA) is 79.0 Å². The molecule has 7 nitrogen and oxygen atoms in total. The van der Waals surface area contributed by atoms with Crippen molar-refractivity contribution >= 4 is 10.9 Å². The Bertz CT molecular complexity index is 609. The summed E-state index contributed by atoms with van der Waals surface area (Å²) in [5.74, 6) is 0.747. The Balaban J connectivity index is 2.10. The maximum absolute atomic E-state index is 10.2. The van der Waals surface area contributed by atoms with E-state index in [4.69, 9.17) is 9.94 Å². The van der Waals surface area contributed by atoms with E-state index in [1.54, 1.807) is 0 Å². The zero-order valence-electron chi connectivity index (χ0n) is 12.3. The molecule has 0 aliphatic rings. The first-order chi connectivity index (χ1) is 10.1. The summed E-state index contributed by atoms with van der Waals surface area (Å²) in [6.45, 7) is 1.19. The lowest BCUT2D eigenvalue weighted by Crippen LogP contribution is -3.05. The molecule has 0 aliphatic heterocycles. The number of fused-ring (bicyclic) bond motifs is 1. The average molecular weight is 295 g/mol. The number of hydrogen-bond acceptors (Lipinski definition) is 3. The molecule has 0 aliphatic carbocycles. The molecule has 3 N–H and O–H groups in total. The fraction of sp³-hybridized carbons (Fsp3) is 0.429. The molecule has 1 aromatic carbocycles. The minimum atomic E-state index is -0.564. The van der Waals surface area contributed by atoms with Gasteiger partial charge in [0.05, 0.1) is 20.6 Å². The van der Waals surface area contributed by atoms with Crippen molar-refractivity contribution in [2.75, 3.05) is 33.9 Å². The second-order valence-corrected chi connectivity index (χ2v) is 5.12. The maximum Gasteiger partial charge on any atom is 0.475 e. The van der Waals surface area contributed by atoms with E-state index in [0.29, 0.717) is 0 Å². The highest BCUT2D eigenvalue weighted by molar-refractivity contribution is 5.89. The van der Waals surface area contributed by atoms with Crippen molar-refractivity contribution in [3.05, 3.63) is 34.9 Å². The highest BCUT2D eigenvalue weighted by Gasteiger charge is 2.11. The van der Waals surface area contributed by atoms with Crippen LogP contribution in [0.3, 0.4) is 0 Å². The van der Waals surface area contributed by atoms with Crippen LogP contribution in [0.2, 0.25) is 0 Å². The van der Waals surface area contributed by atoms with Crippen LogP contribution in [0, 0.1) is 4.91 Å². The molecule has 0 fully saturated rings. The van der Waals surface area contributed by atoms with E-state index in [1.807, 2.05) is 24.4 Å². The molecule has 0 saturated heterocycles. The van der Waals surface area contributed by atoms with Crippen molar-refractivity contribution < 1.29 is 24.8 Å². The van der Waals surface area contributed by atoms with E-state index in [0.717, 1.165) is 29.6 Å². The molecule has 0 spiro atoms. The molecule has 0 bridgehead atoms. The normalized spacial score (nSPS) is 11.0. The van der Waals surface area contributed by atoms with Crippen LogP contribution >= 0.6 is 0 Å². The Labute approximate surface area is 122 Å². The third-order valence-corrected chi connectivity index (χ3v) is 3.19. The van der Waals surface area contributed by atoms with E-state index in [1.165, 1.54) is 10.5 Å². The van der Waals surface area contributed by atoms with Gasteiger partial charge in [0.1, 0.15) is 17.3 Å². The number of quaternary nitrogens is 1. The van der Waals surface area contributed by atoms with Crippen molar-refractivity contribution in [2.45, 2.75) is 6.42 Å². The molecule has 21 heavy (non-hydrogen) atoms. The lowest BCUT2D eigenvalue weighted by molar-refractivity contribution is -0.975. The van der Waals surface area contributed by atoms with Crippen molar-refractivity contribution in [2.24, 2.45) is 0 Å². The van der Waals surface area contributed by atoms with Crippen LogP contribution in [0.1, 0.15) is 5.56 Å². The zero-order valence-corrected chi connectivity index (χ0v) is 12.3. The molecule has 2 rings (SSSR count). The van der Waals surface area contributed by atoms with Gasteiger partial charge in [0.2, 0.25) is 6.61 Å². The van der Waals surface area contributed by atoms with Gasteiger partial charge in [0.25, 0.3) is 0 Å². The smallest absolute Gasteiger partial charge is 0.475 e. The number of rotatable bonds is 8. The van der Waals surface area contributed by atoms with Gasteiger partial charge in [-0.15, -0.1) is 0 Å². The number of hydrogen-bond donors (Lipinski definition) is 3. The van der Waals surface area contributed by atoms with Crippen LogP contribution in [-0.2, 0) is 11.3 Å². The number of nitrogens with zero attached hydrogens (tertiary/aromatic N) is 1. The number of nitrogens with one attached hydrogen (secondary N) is 2. The Morgan fingerprint density at radius 1 is 1.33 bits per heavy atom. The molecular weight excluding hydrogens is 274 g/mol. The van der Waals surface area contributed by atoms with Crippen molar-refractivity contribution in [1.29, 1.82) is 0 Å². The number of H-pyrrole nitrogens is 1. The van der Waals surface area contributed by atoms with Crippen LogP contribution < -0.4 is 9.64 Å². The number of aromatic nitrogens is 1. The van der Waals surface area contributed by atoms with E-state index in [-0.39, 0.29) is 13.2 Å². The van der Waals surface area contributed by atoms with Gasteiger partial charge in [-0.2, -0.15) is 4.84 Å². The molecule has 0 saturated carbocycles. The summed E-state index contributed by atoms with van der Waals surface area (Å²) in [6, 6.07) is 5.79. The summed E-state index contributed by atoms with van der Waals surface area (Å²) in [6.07, 6.45) is 2.95. The standard InChI is InChI=1S/C14H20N3O4/c1-16(2)7-6-11-10-15-12-4-3-5-13(14(11)12)20-8-9-21-17(18)19/h3-5,10,15H,6-9H2,1-2H3,(H,18,19)/q+1/p+1. The fourth-order valence-corrected chi connectivity index (χ4v) is 2.19. The molecule has 0 atom stereocenters. The number of aromatic amines is 1. The van der Waals surface area contributed by atoms with Crippen LogP contribution in [0.4, 0.5) is 0 Å². The van der Waals surface area contributed by atoms with Gasteiger partial charge in [-0.3, -0.25) is 0 Å². The van der Waals surface area contributed by atoms with Gasteiger partial charge in [-0.25, -0.2) is 5.21 Å². The molecule has 2 aromatic rings. The van der Waals surface area contributed by atoms with Crippen molar-refractivity contribution in [3.63, 3.8) is 0 Å². The third kappa shape index (κ3) is 4.09. The first kappa shape index (κ1) is 15.1. The SMILES string of the molecule is C[NH+](C)CCc1c[nH]c2cccc(OCCO[N+](=O)O)c12. The summed E-state index contributed by atoms with van der Waals surface area (Å²) in [5.41, 5.74) is 2.22. The van der Waals surface area contributed by atoms with Gasteiger partial charge in [-0.05, 0) is 17.7 Å². The highest BCUT2D eigenvalue weighted by Crippen LogP contribution is 2.28. The van der Waals surface area contributed by atoms with Gasteiger partial charge in [-0.1, -0.05) is 6.07 Å². The third-order valence-electron chi connectivity index (χ3n) is 3.19. The predicted molar refractivity (Wildman–Crippen MR) is 76.5 cm³/mol. The minimum Gasteiger partial charge on any atom is -0.489 e. The molecule has 1 heterocycles. The summed E-state index contributed by atoms with van der Waals surface area (Å²) in [4.78, 5) is 19.2. The quantitative estimate of drug-likeness (QED) is 0.484. The van der Waals surface area contributed by atoms with E-state index >= 15 is 0 Å². The first-order valence-electron chi connectivity index (χ1n) is 6.88. The van der Waals surface area contributed by atoms with Crippen LogP contribution in [0.5, 0.6) is 5.75 Å². The second-order valence-electron chi connectivity index (χ2n) is 5.12. The Hall–Kier alpha value is -2.28. The first-order valence-corrected chi connectivity index (χ1v) is 6.88. The minimum absolute atomic E-state index is 0.0159.